The maximum atomic E-state index is 11.2. The quantitative estimate of drug-likeness (QED) is 0.588. The summed E-state index contributed by atoms with van der Waals surface area (Å²) in [5.74, 6) is -0.467. The van der Waals surface area contributed by atoms with Gasteiger partial charge in [0.05, 0.1) is 7.11 Å². The molecule has 0 rings (SSSR count). The minimum absolute atomic E-state index is 0.294. The Labute approximate surface area is 95.8 Å². The molecule has 0 aromatic rings. The summed E-state index contributed by atoms with van der Waals surface area (Å²) in [4.78, 5) is 22.2. The molecule has 0 radical (unpaired) electrons. The smallest absolute Gasteiger partial charge is 0.407 e. The fourth-order valence-corrected chi connectivity index (χ4v) is 0.876. The molecule has 0 saturated carbocycles. The van der Waals surface area contributed by atoms with Crippen molar-refractivity contribution in [2.24, 2.45) is 0 Å². The van der Waals surface area contributed by atoms with Gasteiger partial charge in [0.1, 0.15) is 5.60 Å². The molecular weight excluding hydrogens is 210 g/mol. The van der Waals surface area contributed by atoms with Crippen molar-refractivity contribution in [2.45, 2.75) is 32.8 Å². The summed E-state index contributed by atoms with van der Waals surface area (Å²) in [7, 11) is 1.29. The van der Waals surface area contributed by atoms with Crippen LogP contribution in [0.5, 0.6) is 0 Å². The van der Waals surface area contributed by atoms with Gasteiger partial charge in [-0.05, 0) is 27.2 Å². The third kappa shape index (κ3) is 6.86. The first-order valence-corrected chi connectivity index (χ1v) is 4.99. The molecular formula is C11H19NO4. The average Bonchev–Trinajstić information content (AvgIpc) is 2.13. The molecule has 0 aromatic carbocycles. The highest BCUT2D eigenvalue weighted by atomic mass is 16.6. The number of amides is 1. The van der Waals surface area contributed by atoms with Gasteiger partial charge in [0.15, 0.2) is 0 Å². The van der Waals surface area contributed by atoms with Crippen LogP contribution in [-0.4, -0.2) is 31.3 Å². The van der Waals surface area contributed by atoms with E-state index in [1.807, 2.05) is 0 Å². The van der Waals surface area contributed by atoms with Crippen molar-refractivity contribution in [1.82, 2.24) is 5.32 Å². The number of alkyl carbamates (subject to hydrolysis) is 1. The molecule has 0 aromatic heterocycles. The van der Waals surface area contributed by atoms with E-state index in [0.717, 1.165) is 0 Å². The van der Waals surface area contributed by atoms with E-state index in [0.29, 0.717) is 18.5 Å². The Bertz CT molecular complexity index is 278. The summed E-state index contributed by atoms with van der Waals surface area (Å²) in [5.41, 5.74) is -0.206. The number of carbonyl (C=O) groups is 2. The van der Waals surface area contributed by atoms with Crippen molar-refractivity contribution in [3.8, 4) is 0 Å². The van der Waals surface area contributed by atoms with Crippen LogP contribution in [0, 0.1) is 0 Å². The third-order valence-electron chi connectivity index (χ3n) is 1.57. The predicted octanol–water partition coefficient (Wildman–Crippen LogP) is 1.63. The second kappa shape index (κ2) is 6.15. The summed E-state index contributed by atoms with van der Waals surface area (Å²) in [6.45, 7) is 9.16. The molecule has 16 heavy (non-hydrogen) atoms. The maximum absolute atomic E-state index is 11.2. The molecule has 1 N–H and O–H groups in total. The molecule has 0 atom stereocenters. The average molecular weight is 229 g/mol. The zero-order chi connectivity index (χ0) is 12.8. The Balaban J connectivity index is 3.79. The van der Waals surface area contributed by atoms with Crippen LogP contribution in [0.3, 0.4) is 0 Å². The zero-order valence-electron chi connectivity index (χ0n) is 10.3. The van der Waals surface area contributed by atoms with Gasteiger partial charge in [0.25, 0.3) is 0 Å². The Kier molecular flexibility index (Phi) is 5.56. The monoisotopic (exact) mass is 229 g/mol. The highest BCUT2D eigenvalue weighted by Gasteiger charge is 2.15. The second-order valence-electron chi connectivity index (χ2n) is 4.27. The Morgan fingerprint density at radius 1 is 1.31 bits per heavy atom. The number of methoxy groups -OCH3 is 1. The van der Waals surface area contributed by atoms with Crippen LogP contribution in [0.15, 0.2) is 12.2 Å². The molecule has 0 spiro atoms. The van der Waals surface area contributed by atoms with Crippen LogP contribution in [0.1, 0.15) is 27.2 Å². The molecule has 0 aliphatic heterocycles. The summed E-state index contributed by atoms with van der Waals surface area (Å²) in [6.07, 6.45) is -0.170. The first-order valence-electron chi connectivity index (χ1n) is 4.99. The van der Waals surface area contributed by atoms with Gasteiger partial charge < -0.3 is 14.8 Å². The van der Waals surface area contributed by atoms with Gasteiger partial charge >= 0.3 is 12.1 Å². The molecule has 92 valence electrons. The van der Waals surface area contributed by atoms with E-state index in [1.54, 1.807) is 20.8 Å². The van der Waals surface area contributed by atoms with Crippen molar-refractivity contribution >= 4 is 12.1 Å². The number of nitrogens with one attached hydrogen (secondary N) is 1. The van der Waals surface area contributed by atoms with E-state index in [1.165, 1.54) is 7.11 Å². The van der Waals surface area contributed by atoms with E-state index in [2.05, 4.69) is 16.6 Å². The van der Waals surface area contributed by atoms with Crippen molar-refractivity contribution in [1.29, 1.82) is 0 Å². The van der Waals surface area contributed by atoms with Crippen LogP contribution in [-0.2, 0) is 14.3 Å². The summed E-state index contributed by atoms with van der Waals surface area (Å²) in [6, 6.07) is 0. The number of hydrogen-bond acceptors (Lipinski definition) is 4. The maximum Gasteiger partial charge on any atom is 0.407 e. The summed E-state index contributed by atoms with van der Waals surface area (Å²) < 4.78 is 9.48. The summed E-state index contributed by atoms with van der Waals surface area (Å²) in [5, 5.41) is 2.52. The van der Waals surface area contributed by atoms with E-state index < -0.39 is 17.7 Å². The normalized spacial score (nSPS) is 10.5. The van der Waals surface area contributed by atoms with Gasteiger partial charge in [-0.15, -0.1) is 0 Å². The Morgan fingerprint density at radius 3 is 2.31 bits per heavy atom. The topological polar surface area (TPSA) is 64.6 Å². The lowest BCUT2D eigenvalue weighted by Gasteiger charge is -2.19. The predicted molar refractivity (Wildman–Crippen MR) is 60.0 cm³/mol. The van der Waals surface area contributed by atoms with Crippen LogP contribution in [0.4, 0.5) is 4.79 Å². The SMILES string of the molecule is C=C(CCNC(=O)OC(C)(C)C)C(=O)OC. The lowest BCUT2D eigenvalue weighted by Crippen LogP contribution is -2.33. The lowest BCUT2D eigenvalue weighted by molar-refractivity contribution is -0.136. The van der Waals surface area contributed by atoms with Gasteiger partial charge in [-0.25, -0.2) is 9.59 Å². The number of esters is 1. The van der Waals surface area contributed by atoms with Crippen LogP contribution in [0.2, 0.25) is 0 Å². The van der Waals surface area contributed by atoms with E-state index >= 15 is 0 Å². The first-order chi connectivity index (χ1) is 7.26. The zero-order valence-corrected chi connectivity index (χ0v) is 10.3. The molecule has 0 bridgehead atoms. The molecule has 0 aliphatic rings. The Morgan fingerprint density at radius 2 is 1.88 bits per heavy atom. The standard InChI is InChI=1S/C11H19NO4/c1-8(9(13)15-5)6-7-12-10(14)16-11(2,3)4/h1,6-7H2,2-5H3,(H,12,14). The Hall–Kier alpha value is -1.52. The number of hydrogen-bond donors (Lipinski definition) is 1. The molecule has 5 nitrogen and oxygen atoms in total. The second-order valence-corrected chi connectivity index (χ2v) is 4.27. The minimum Gasteiger partial charge on any atom is -0.466 e. The van der Waals surface area contributed by atoms with E-state index in [9.17, 15) is 9.59 Å². The number of ether oxygens (including phenoxy) is 2. The van der Waals surface area contributed by atoms with Crippen LogP contribution in [0.25, 0.3) is 0 Å². The molecule has 0 unspecified atom stereocenters. The number of rotatable bonds is 4. The fourth-order valence-electron chi connectivity index (χ4n) is 0.876. The van der Waals surface area contributed by atoms with Gasteiger partial charge in [-0.2, -0.15) is 0 Å². The van der Waals surface area contributed by atoms with Gasteiger partial charge in [0, 0.05) is 12.1 Å². The third-order valence-corrected chi connectivity index (χ3v) is 1.57. The van der Waals surface area contributed by atoms with Gasteiger partial charge in [0.2, 0.25) is 0 Å². The van der Waals surface area contributed by atoms with Gasteiger partial charge in [-0.1, -0.05) is 6.58 Å². The summed E-state index contributed by atoms with van der Waals surface area (Å²) >= 11 is 0. The van der Waals surface area contributed by atoms with Crippen molar-refractivity contribution < 1.29 is 19.1 Å². The molecule has 0 saturated heterocycles. The van der Waals surface area contributed by atoms with Crippen molar-refractivity contribution in [3.05, 3.63) is 12.2 Å². The fraction of sp³-hybridized carbons (Fsp3) is 0.636. The van der Waals surface area contributed by atoms with E-state index in [4.69, 9.17) is 4.74 Å². The molecule has 0 heterocycles. The van der Waals surface area contributed by atoms with Crippen LogP contribution < -0.4 is 5.32 Å². The largest absolute Gasteiger partial charge is 0.466 e. The molecule has 1 amide bonds. The highest BCUT2D eigenvalue weighted by Crippen LogP contribution is 2.06. The van der Waals surface area contributed by atoms with Gasteiger partial charge in [-0.3, -0.25) is 0 Å². The van der Waals surface area contributed by atoms with Crippen molar-refractivity contribution in [3.63, 3.8) is 0 Å². The number of carbonyl (C=O) groups excluding carboxylic acids is 2. The lowest BCUT2D eigenvalue weighted by atomic mass is 10.2. The van der Waals surface area contributed by atoms with Crippen LogP contribution >= 0.6 is 0 Å². The molecule has 0 fully saturated rings. The molecule has 5 heteroatoms. The molecule has 0 aliphatic carbocycles. The first kappa shape index (κ1) is 14.5. The minimum atomic E-state index is -0.524. The van der Waals surface area contributed by atoms with E-state index in [-0.39, 0.29) is 0 Å². The van der Waals surface area contributed by atoms with Crippen molar-refractivity contribution in [2.75, 3.05) is 13.7 Å². The highest BCUT2D eigenvalue weighted by molar-refractivity contribution is 5.87.